The Hall–Kier alpha value is -1.36. The molecule has 0 radical (unpaired) electrons. The van der Waals surface area contributed by atoms with Crippen LogP contribution in [0.5, 0.6) is 0 Å². The van der Waals surface area contributed by atoms with Gasteiger partial charge in [-0.1, -0.05) is 27.2 Å². The lowest BCUT2D eigenvalue weighted by atomic mass is 10.1. The van der Waals surface area contributed by atoms with Crippen LogP contribution >= 0.6 is 0 Å². The molecule has 0 fully saturated rings. The SMILES string of the molecule is CCCC(N)C(=O)NCc1c(CC)nn(C)c1CC. The van der Waals surface area contributed by atoms with Crippen LogP contribution < -0.4 is 11.1 Å². The van der Waals surface area contributed by atoms with Crippen molar-refractivity contribution in [2.24, 2.45) is 12.8 Å². The van der Waals surface area contributed by atoms with E-state index in [-0.39, 0.29) is 5.91 Å². The number of nitrogens with two attached hydrogens (primary N) is 1. The molecule has 3 N–H and O–H groups in total. The van der Waals surface area contributed by atoms with E-state index in [4.69, 9.17) is 5.73 Å². The van der Waals surface area contributed by atoms with E-state index in [1.807, 2.05) is 18.7 Å². The lowest BCUT2D eigenvalue weighted by molar-refractivity contribution is -0.122. The molecule has 108 valence electrons. The lowest BCUT2D eigenvalue weighted by Gasteiger charge is -2.12. The standard InChI is InChI=1S/C14H26N4O/c1-5-8-11(15)14(19)16-9-10-12(6-2)17-18(4)13(10)7-3/h11H,5-9,15H2,1-4H3,(H,16,19). The number of hydrogen-bond acceptors (Lipinski definition) is 3. The van der Waals surface area contributed by atoms with E-state index in [0.717, 1.165) is 36.9 Å². The number of nitrogens with zero attached hydrogens (tertiary/aromatic N) is 2. The van der Waals surface area contributed by atoms with Gasteiger partial charge in [-0.15, -0.1) is 0 Å². The van der Waals surface area contributed by atoms with Crippen LogP contribution in [0.15, 0.2) is 0 Å². The molecule has 1 aromatic heterocycles. The molecule has 0 aliphatic heterocycles. The number of aryl methyl sites for hydroxylation is 2. The Balaban J connectivity index is 2.74. The predicted octanol–water partition coefficient (Wildman–Crippen LogP) is 1.29. The zero-order valence-electron chi connectivity index (χ0n) is 12.5. The first-order chi connectivity index (χ1) is 9.04. The van der Waals surface area contributed by atoms with E-state index in [2.05, 4.69) is 24.3 Å². The topological polar surface area (TPSA) is 72.9 Å². The van der Waals surface area contributed by atoms with Gasteiger partial charge in [0.15, 0.2) is 0 Å². The summed E-state index contributed by atoms with van der Waals surface area (Å²) in [5, 5.41) is 7.42. The van der Waals surface area contributed by atoms with E-state index < -0.39 is 6.04 Å². The van der Waals surface area contributed by atoms with Crippen molar-refractivity contribution in [3.63, 3.8) is 0 Å². The van der Waals surface area contributed by atoms with Crippen molar-refractivity contribution < 1.29 is 4.79 Å². The highest BCUT2D eigenvalue weighted by atomic mass is 16.2. The van der Waals surface area contributed by atoms with Crippen LogP contribution in [-0.2, 0) is 31.2 Å². The maximum Gasteiger partial charge on any atom is 0.237 e. The molecule has 0 saturated carbocycles. The Morgan fingerprint density at radius 3 is 2.58 bits per heavy atom. The van der Waals surface area contributed by atoms with Crippen LogP contribution in [-0.4, -0.2) is 21.7 Å². The van der Waals surface area contributed by atoms with Gasteiger partial charge in [0.2, 0.25) is 5.91 Å². The first kappa shape index (κ1) is 15.7. The molecule has 0 saturated heterocycles. The van der Waals surface area contributed by atoms with Gasteiger partial charge in [0, 0.05) is 24.8 Å². The Bertz CT molecular complexity index is 425. The number of carbonyl (C=O) groups excluding carboxylic acids is 1. The molecule has 0 spiro atoms. The fraction of sp³-hybridized carbons (Fsp3) is 0.714. The third-order valence-corrected chi connectivity index (χ3v) is 3.40. The van der Waals surface area contributed by atoms with E-state index >= 15 is 0 Å². The van der Waals surface area contributed by atoms with Gasteiger partial charge in [-0.25, -0.2) is 0 Å². The van der Waals surface area contributed by atoms with Crippen molar-refractivity contribution in [2.75, 3.05) is 0 Å². The molecular formula is C14H26N4O. The van der Waals surface area contributed by atoms with Gasteiger partial charge >= 0.3 is 0 Å². The van der Waals surface area contributed by atoms with Crippen molar-refractivity contribution >= 4 is 5.91 Å². The summed E-state index contributed by atoms with van der Waals surface area (Å²) in [6, 6.07) is -0.406. The highest BCUT2D eigenvalue weighted by Gasteiger charge is 2.16. The maximum atomic E-state index is 11.8. The first-order valence-corrected chi connectivity index (χ1v) is 7.11. The van der Waals surface area contributed by atoms with Crippen molar-refractivity contribution in [1.82, 2.24) is 15.1 Å². The summed E-state index contributed by atoms with van der Waals surface area (Å²) in [4.78, 5) is 11.8. The average Bonchev–Trinajstić information content (AvgIpc) is 2.71. The number of rotatable bonds is 7. The molecule has 0 aliphatic carbocycles. The predicted molar refractivity (Wildman–Crippen MR) is 76.7 cm³/mol. The summed E-state index contributed by atoms with van der Waals surface area (Å²) in [6.45, 7) is 6.73. The molecule has 0 aromatic carbocycles. The number of nitrogens with one attached hydrogen (secondary N) is 1. The van der Waals surface area contributed by atoms with Gasteiger partial charge in [-0.2, -0.15) is 5.10 Å². The molecule has 0 bridgehead atoms. The van der Waals surface area contributed by atoms with Crippen LogP contribution in [0.4, 0.5) is 0 Å². The third-order valence-electron chi connectivity index (χ3n) is 3.40. The highest BCUT2D eigenvalue weighted by Crippen LogP contribution is 2.15. The van der Waals surface area contributed by atoms with Crippen molar-refractivity contribution in [1.29, 1.82) is 0 Å². The van der Waals surface area contributed by atoms with E-state index in [0.29, 0.717) is 6.54 Å². The van der Waals surface area contributed by atoms with Gasteiger partial charge < -0.3 is 11.1 Å². The summed E-state index contributed by atoms with van der Waals surface area (Å²) >= 11 is 0. The first-order valence-electron chi connectivity index (χ1n) is 7.11. The summed E-state index contributed by atoms with van der Waals surface area (Å²) in [5.74, 6) is -0.0743. The fourth-order valence-electron chi connectivity index (χ4n) is 2.34. The van der Waals surface area contributed by atoms with Gasteiger partial charge in [0.1, 0.15) is 0 Å². The van der Waals surface area contributed by atoms with E-state index in [9.17, 15) is 4.79 Å². The summed E-state index contributed by atoms with van der Waals surface area (Å²) in [5.41, 5.74) is 9.19. The minimum atomic E-state index is -0.406. The Morgan fingerprint density at radius 2 is 2.05 bits per heavy atom. The molecule has 0 aliphatic rings. The van der Waals surface area contributed by atoms with Crippen LogP contribution in [0.3, 0.4) is 0 Å². The monoisotopic (exact) mass is 266 g/mol. The molecule has 1 aromatic rings. The second kappa shape index (κ2) is 7.28. The largest absolute Gasteiger partial charge is 0.351 e. The third kappa shape index (κ3) is 3.80. The molecule has 1 rings (SSSR count). The summed E-state index contributed by atoms with van der Waals surface area (Å²) in [6.07, 6.45) is 3.43. The zero-order chi connectivity index (χ0) is 14.4. The number of carbonyl (C=O) groups is 1. The molecular weight excluding hydrogens is 240 g/mol. The molecule has 1 heterocycles. The highest BCUT2D eigenvalue weighted by molar-refractivity contribution is 5.81. The normalized spacial score (nSPS) is 12.5. The van der Waals surface area contributed by atoms with Crippen LogP contribution in [0.1, 0.15) is 50.6 Å². The minimum Gasteiger partial charge on any atom is -0.351 e. The molecule has 1 atom stereocenters. The number of amides is 1. The molecule has 1 amide bonds. The van der Waals surface area contributed by atoms with Crippen LogP contribution in [0, 0.1) is 0 Å². The van der Waals surface area contributed by atoms with E-state index in [1.165, 1.54) is 5.69 Å². The maximum absolute atomic E-state index is 11.8. The second-order valence-electron chi connectivity index (χ2n) is 4.82. The average molecular weight is 266 g/mol. The van der Waals surface area contributed by atoms with Gasteiger partial charge in [-0.3, -0.25) is 9.48 Å². The van der Waals surface area contributed by atoms with Gasteiger partial charge in [0.25, 0.3) is 0 Å². The smallest absolute Gasteiger partial charge is 0.237 e. The summed E-state index contributed by atoms with van der Waals surface area (Å²) in [7, 11) is 1.95. The van der Waals surface area contributed by atoms with Gasteiger partial charge in [0.05, 0.1) is 11.7 Å². The fourth-order valence-corrected chi connectivity index (χ4v) is 2.34. The Kier molecular flexibility index (Phi) is 6.02. The Morgan fingerprint density at radius 1 is 1.37 bits per heavy atom. The second-order valence-corrected chi connectivity index (χ2v) is 4.82. The number of hydrogen-bond donors (Lipinski definition) is 2. The molecule has 1 unspecified atom stereocenters. The minimum absolute atomic E-state index is 0.0743. The molecule has 5 nitrogen and oxygen atoms in total. The Labute approximate surface area is 115 Å². The number of aromatic nitrogens is 2. The summed E-state index contributed by atoms with van der Waals surface area (Å²) < 4.78 is 1.91. The molecule has 5 heteroatoms. The van der Waals surface area contributed by atoms with Crippen molar-refractivity contribution in [3.8, 4) is 0 Å². The van der Waals surface area contributed by atoms with Crippen LogP contribution in [0.2, 0.25) is 0 Å². The van der Waals surface area contributed by atoms with Crippen LogP contribution in [0.25, 0.3) is 0 Å². The van der Waals surface area contributed by atoms with Crippen molar-refractivity contribution in [2.45, 2.75) is 59.0 Å². The lowest BCUT2D eigenvalue weighted by Crippen LogP contribution is -2.40. The molecule has 19 heavy (non-hydrogen) atoms. The quantitative estimate of drug-likeness (QED) is 0.781. The van der Waals surface area contributed by atoms with Gasteiger partial charge in [-0.05, 0) is 19.3 Å². The van der Waals surface area contributed by atoms with Crippen molar-refractivity contribution in [3.05, 3.63) is 17.0 Å². The zero-order valence-corrected chi connectivity index (χ0v) is 12.5. The van der Waals surface area contributed by atoms with E-state index in [1.54, 1.807) is 0 Å².